The van der Waals surface area contributed by atoms with Gasteiger partial charge in [-0.3, -0.25) is 4.98 Å². The third kappa shape index (κ3) is 3.58. The van der Waals surface area contributed by atoms with Gasteiger partial charge in [0.1, 0.15) is 0 Å². The molecule has 1 heterocycles. The van der Waals surface area contributed by atoms with E-state index in [1.54, 1.807) is 25.3 Å². The van der Waals surface area contributed by atoms with Crippen LogP contribution < -0.4 is 4.72 Å². The minimum absolute atomic E-state index is 0.150. The molecule has 0 spiro atoms. The fraction of sp³-hybridized carbons (Fsp3) is 0.154. The number of sulfonamides is 1. The van der Waals surface area contributed by atoms with Crippen molar-refractivity contribution in [2.75, 3.05) is 0 Å². The number of hydrogen-bond acceptors (Lipinski definition) is 3. The van der Waals surface area contributed by atoms with Crippen molar-refractivity contribution < 1.29 is 8.42 Å². The van der Waals surface area contributed by atoms with Gasteiger partial charge in [0, 0.05) is 10.7 Å². The van der Waals surface area contributed by atoms with Crippen molar-refractivity contribution in [3.63, 3.8) is 0 Å². The van der Waals surface area contributed by atoms with Crippen LogP contribution in [0.3, 0.4) is 0 Å². The van der Waals surface area contributed by atoms with E-state index in [0.29, 0.717) is 15.2 Å². The van der Waals surface area contributed by atoms with Gasteiger partial charge in [0.2, 0.25) is 10.0 Å². The van der Waals surface area contributed by atoms with Gasteiger partial charge in [-0.1, -0.05) is 17.7 Å². The van der Waals surface area contributed by atoms with Crippen LogP contribution in [0.1, 0.15) is 18.7 Å². The summed E-state index contributed by atoms with van der Waals surface area (Å²) >= 11 is 9.07. The van der Waals surface area contributed by atoms with Crippen LogP contribution in [-0.2, 0) is 10.0 Å². The summed E-state index contributed by atoms with van der Waals surface area (Å²) < 4.78 is 27.7. The summed E-state index contributed by atoms with van der Waals surface area (Å²) in [5.74, 6) is 0. The minimum atomic E-state index is -3.63. The second kappa shape index (κ2) is 6.22. The molecule has 0 bridgehead atoms. The maximum absolute atomic E-state index is 12.3. The first-order valence-corrected chi connectivity index (χ1v) is 8.44. The highest BCUT2D eigenvalue weighted by atomic mass is 79.9. The third-order valence-corrected chi connectivity index (χ3v) is 5.42. The Labute approximate surface area is 131 Å². The quantitative estimate of drug-likeness (QED) is 0.889. The number of pyridine rings is 1. The van der Waals surface area contributed by atoms with E-state index in [4.69, 9.17) is 11.6 Å². The normalized spacial score (nSPS) is 13.2. The van der Waals surface area contributed by atoms with Gasteiger partial charge in [-0.05, 0) is 53.2 Å². The Hall–Kier alpha value is -0.950. The zero-order chi connectivity index (χ0) is 14.8. The van der Waals surface area contributed by atoms with Crippen molar-refractivity contribution in [1.29, 1.82) is 0 Å². The van der Waals surface area contributed by atoms with E-state index in [9.17, 15) is 8.42 Å². The molecule has 1 N–H and O–H groups in total. The summed E-state index contributed by atoms with van der Waals surface area (Å²) in [6.07, 6.45) is 1.62. The van der Waals surface area contributed by atoms with Crippen LogP contribution in [0.5, 0.6) is 0 Å². The molecule has 0 fully saturated rings. The van der Waals surface area contributed by atoms with Crippen LogP contribution in [-0.4, -0.2) is 13.4 Å². The highest BCUT2D eigenvalue weighted by molar-refractivity contribution is 9.10. The summed E-state index contributed by atoms with van der Waals surface area (Å²) in [6.45, 7) is 1.74. The van der Waals surface area contributed by atoms with Crippen LogP contribution in [0, 0.1) is 0 Å². The Bertz CT molecular complexity index is 708. The van der Waals surface area contributed by atoms with Gasteiger partial charge in [-0.15, -0.1) is 0 Å². The molecule has 1 aromatic carbocycles. The molecule has 1 atom stereocenters. The molecule has 1 unspecified atom stereocenters. The van der Waals surface area contributed by atoms with Crippen LogP contribution in [0.25, 0.3) is 0 Å². The summed E-state index contributed by atoms with van der Waals surface area (Å²) in [5.41, 5.74) is 0.657. The van der Waals surface area contributed by atoms with Gasteiger partial charge >= 0.3 is 0 Å². The second-order valence-electron chi connectivity index (χ2n) is 4.17. The molecule has 1 aromatic heterocycles. The predicted molar refractivity (Wildman–Crippen MR) is 82.1 cm³/mol. The third-order valence-electron chi connectivity index (χ3n) is 2.66. The molecule has 0 saturated carbocycles. The number of nitrogens with one attached hydrogen (secondary N) is 1. The Morgan fingerprint density at radius 3 is 2.65 bits per heavy atom. The zero-order valence-corrected chi connectivity index (χ0v) is 13.7. The zero-order valence-electron chi connectivity index (χ0n) is 10.5. The van der Waals surface area contributed by atoms with Gasteiger partial charge < -0.3 is 0 Å². The van der Waals surface area contributed by atoms with Gasteiger partial charge in [-0.2, -0.15) is 0 Å². The number of nitrogens with zero attached hydrogens (tertiary/aromatic N) is 1. The van der Waals surface area contributed by atoms with Crippen molar-refractivity contribution in [2.45, 2.75) is 17.9 Å². The maximum Gasteiger partial charge on any atom is 0.241 e. The highest BCUT2D eigenvalue weighted by Crippen LogP contribution is 2.26. The fourth-order valence-corrected chi connectivity index (χ4v) is 3.53. The first-order valence-electron chi connectivity index (χ1n) is 5.78. The standard InChI is InChI=1S/C13H12BrClN2O2S/c1-9(13-4-2-3-7-16-13)17-20(18,19)10-5-6-12(15)11(14)8-10/h2-9,17H,1H3. The highest BCUT2D eigenvalue weighted by Gasteiger charge is 2.19. The van der Waals surface area contributed by atoms with Gasteiger partial charge in [0.15, 0.2) is 0 Å². The van der Waals surface area contributed by atoms with E-state index in [1.807, 2.05) is 6.07 Å². The van der Waals surface area contributed by atoms with Gasteiger partial charge in [0.25, 0.3) is 0 Å². The van der Waals surface area contributed by atoms with Crippen molar-refractivity contribution >= 4 is 37.6 Å². The molecule has 106 valence electrons. The average Bonchev–Trinajstić information content (AvgIpc) is 2.42. The molecule has 7 heteroatoms. The smallest absolute Gasteiger partial charge is 0.241 e. The van der Waals surface area contributed by atoms with Crippen molar-refractivity contribution in [1.82, 2.24) is 9.71 Å². The van der Waals surface area contributed by atoms with Gasteiger partial charge in [-0.25, -0.2) is 13.1 Å². The number of halogens is 2. The Kier molecular flexibility index (Phi) is 4.80. The summed E-state index contributed by atoms with van der Waals surface area (Å²) in [7, 11) is -3.63. The molecule has 0 radical (unpaired) electrons. The second-order valence-corrected chi connectivity index (χ2v) is 7.15. The number of aromatic nitrogens is 1. The topological polar surface area (TPSA) is 59.1 Å². The van der Waals surface area contributed by atoms with Crippen LogP contribution in [0.4, 0.5) is 0 Å². The van der Waals surface area contributed by atoms with E-state index >= 15 is 0 Å². The summed E-state index contributed by atoms with van der Waals surface area (Å²) in [4.78, 5) is 4.28. The molecule has 0 amide bonds. The van der Waals surface area contributed by atoms with Crippen molar-refractivity contribution in [2.24, 2.45) is 0 Å². The monoisotopic (exact) mass is 374 g/mol. The van der Waals surface area contributed by atoms with E-state index in [-0.39, 0.29) is 4.90 Å². The molecule has 0 aliphatic rings. The summed E-state index contributed by atoms with van der Waals surface area (Å²) in [5, 5.41) is 0.460. The average molecular weight is 376 g/mol. The molecule has 20 heavy (non-hydrogen) atoms. The van der Waals surface area contributed by atoms with E-state index in [2.05, 4.69) is 25.6 Å². The molecule has 0 saturated heterocycles. The SMILES string of the molecule is CC(NS(=O)(=O)c1ccc(Cl)c(Br)c1)c1ccccn1. The largest absolute Gasteiger partial charge is 0.260 e. The Balaban J connectivity index is 2.25. The van der Waals surface area contributed by atoms with E-state index in [0.717, 1.165) is 0 Å². The van der Waals surface area contributed by atoms with Crippen molar-refractivity contribution in [3.05, 3.63) is 57.8 Å². The lowest BCUT2D eigenvalue weighted by molar-refractivity contribution is 0.564. The molecule has 0 aliphatic heterocycles. The van der Waals surface area contributed by atoms with Crippen molar-refractivity contribution in [3.8, 4) is 0 Å². The van der Waals surface area contributed by atoms with E-state index < -0.39 is 16.1 Å². The molecular formula is C13H12BrClN2O2S. The lowest BCUT2D eigenvalue weighted by Gasteiger charge is -2.14. The maximum atomic E-state index is 12.3. The summed E-state index contributed by atoms with van der Waals surface area (Å²) in [6, 6.07) is 9.40. The number of rotatable bonds is 4. The van der Waals surface area contributed by atoms with Crippen LogP contribution in [0.15, 0.2) is 52.0 Å². The van der Waals surface area contributed by atoms with E-state index in [1.165, 1.54) is 18.2 Å². The fourth-order valence-electron chi connectivity index (χ4n) is 1.64. The number of hydrogen-bond donors (Lipinski definition) is 1. The Morgan fingerprint density at radius 2 is 2.05 bits per heavy atom. The minimum Gasteiger partial charge on any atom is -0.260 e. The first kappa shape index (κ1) is 15.4. The van der Waals surface area contributed by atoms with Crippen LogP contribution >= 0.6 is 27.5 Å². The molecule has 2 aromatic rings. The Morgan fingerprint density at radius 1 is 1.30 bits per heavy atom. The molecule has 4 nitrogen and oxygen atoms in total. The van der Waals surface area contributed by atoms with Gasteiger partial charge in [0.05, 0.1) is 21.7 Å². The van der Waals surface area contributed by atoms with Crippen LogP contribution in [0.2, 0.25) is 5.02 Å². The predicted octanol–water partition coefficient (Wildman–Crippen LogP) is 3.54. The lowest BCUT2D eigenvalue weighted by Crippen LogP contribution is -2.27. The number of benzene rings is 1. The molecule has 0 aliphatic carbocycles. The molecule has 2 rings (SSSR count). The lowest BCUT2D eigenvalue weighted by atomic mass is 10.2. The molecular weight excluding hydrogens is 364 g/mol. The first-order chi connectivity index (χ1) is 9.40.